The standard InChI is InChI=1S/C20H35NO3/c1-3-5-7-8-9-10-11-12-13-14-20(24-17-6-4-2)21-18(22)15-16-19(21)23/h14H,3-13,15-17H2,1-2H3. The fourth-order valence-corrected chi connectivity index (χ4v) is 2.86. The number of rotatable bonds is 14. The van der Waals surface area contributed by atoms with Gasteiger partial charge in [-0.25, -0.2) is 4.90 Å². The van der Waals surface area contributed by atoms with Crippen molar-refractivity contribution in [2.45, 2.75) is 97.3 Å². The molecule has 1 saturated heterocycles. The highest BCUT2D eigenvalue weighted by Crippen LogP contribution is 2.20. The lowest BCUT2D eigenvalue weighted by Crippen LogP contribution is -2.30. The number of amides is 2. The molecule has 0 radical (unpaired) electrons. The molecule has 24 heavy (non-hydrogen) atoms. The van der Waals surface area contributed by atoms with Crippen molar-refractivity contribution < 1.29 is 14.3 Å². The molecular formula is C20H35NO3. The lowest BCUT2D eigenvalue weighted by Gasteiger charge is -2.18. The summed E-state index contributed by atoms with van der Waals surface area (Å²) in [6.45, 7) is 4.90. The van der Waals surface area contributed by atoms with Crippen molar-refractivity contribution in [2.24, 2.45) is 0 Å². The van der Waals surface area contributed by atoms with E-state index in [2.05, 4.69) is 13.8 Å². The molecule has 138 valence electrons. The minimum atomic E-state index is -0.126. The number of carbonyl (C=O) groups is 2. The molecular weight excluding hydrogens is 302 g/mol. The number of likely N-dealkylation sites (tertiary alicyclic amines) is 1. The Bertz CT molecular complexity index is 388. The van der Waals surface area contributed by atoms with Crippen LogP contribution in [0.15, 0.2) is 12.0 Å². The molecule has 0 bridgehead atoms. The third-order valence-corrected chi connectivity index (χ3v) is 4.40. The zero-order chi connectivity index (χ0) is 17.6. The number of carbonyl (C=O) groups excluding carboxylic acids is 2. The summed E-state index contributed by atoms with van der Waals surface area (Å²) in [6.07, 6.45) is 15.6. The Morgan fingerprint density at radius 2 is 1.42 bits per heavy atom. The Hall–Kier alpha value is -1.32. The molecule has 1 rings (SSSR count). The molecule has 1 aliphatic rings. The van der Waals surface area contributed by atoms with E-state index in [-0.39, 0.29) is 11.8 Å². The molecule has 4 heteroatoms. The average molecular weight is 338 g/mol. The second-order valence-electron chi connectivity index (χ2n) is 6.63. The van der Waals surface area contributed by atoms with Crippen LogP contribution >= 0.6 is 0 Å². The highest BCUT2D eigenvalue weighted by Gasteiger charge is 2.32. The van der Waals surface area contributed by atoms with Gasteiger partial charge in [-0.2, -0.15) is 0 Å². The van der Waals surface area contributed by atoms with Crippen LogP contribution in [0.5, 0.6) is 0 Å². The summed E-state index contributed by atoms with van der Waals surface area (Å²) in [5.74, 6) is 0.219. The Morgan fingerprint density at radius 3 is 2.00 bits per heavy atom. The number of hydrogen-bond donors (Lipinski definition) is 0. The summed E-state index contributed by atoms with van der Waals surface area (Å²) < 4.78 is 5.72. The van der Waals surface area contributed by atoms with E-state index in [1.165, 1.54) is 49.8 Å². The van der Waals surface area contributed by atoms with Gasteiger partial charge < -0.3 is 4.74 Å². The van der Waals surface area contributed by atoms with Crippen LogP contribution in [0.4, 0.5) is 0 Å². The Kier molecular flexibility index (Phi) is 11.2. The van der Waals surface area contributed by atoms with E-state index >= 15 is 0 Å². The van der Waals surface area contributed by atoms with E-state index in [0.29, 0.717) is 25.3 Å². The van der Waals surface area contributed by atoms with Gasteiger partial charge in [0.1, 0.15) is 0 Å². The van der Waals surface area contributed by atoms with Gasteiger partial charge in [0.05, 0.1) is 6.61 Å². The van der Waals surface area contributed by atoms with Crippen LogP contribution in [-0.4, -0.2) is 23.3 Å². The van der Waals surface area contributed by atoms with Gasteiger partial charge in [-0.05, 0) is 25.3 Å². The molecule has 0 aliphatic carbocycles. The molecule has 0 aromatic carbocycles. The number of nitrogens with zero attached hydrogens (tertiary/aromatic N) is 1. The van der Waals surface area contributed by atoms with Crippen LogP contribution in [0.25, 0.3) is 0 Å². The lowest BCUT2D eigenvalue weighted by molar-refractivity contribution is -0.139. The average Bonchev–Trinajstić information content (AvgIpc) is 2.90. The lowest BCUT2D eigenvalue weighted by atomic mass is 10.1. The smallest absolute Gasteiger partial charge is 0.236 e. The Labute approximate surface area is 147 Å². The number of unbranched alkanes of at least 4 members (excludes halogenated alkanes) is 9. The predicted molar refractivity (Wildman–Crippen MR) is 97.3 cm³/mol. The molecule has 0 atom stereocenters. The van der Waals surface area contributed by atoms with Crippen molar-refractivity contribution in [3.63, 3.8) is 0 Å². The van der Waals surface area contributed by atoms with Gasteiger partial charge in [0.15, 0.2) is 5.88 Å². The molecule has 0 saturated carbocycles. The highest BCUT2D eigenvalue weighted by molar-refractivity contribution is 6.03. The first-order chi connectivity index (χ1) is 11.7. The summed E-state index contributed by atoms with van der Waals surface area (Å²) in [7, 11) is 0. The van der Waals surface area contributed by atoms with Gasteiger partial charge >= 0.3 is 0 Å². The number of allylic oxidation sites excluding steroid dienone is 1. The van der Waals surface area contributed by atoms with Crippen LogP contribution in [0.2, 0.25) is 0 Å². The van der Waals surface area contributed by atoms with Gasteiger partial charge in [0.25, 0.3) is 0 Å². The summed E-state index contributed by atoms with van der Waals surface area (Å²) in [5, 5.41) is 0. The van der Waals surface area contributed by atoms with Gasteiger partial charge in [-0.15, -0.1) is 0 Å². The summed E-state index contributed by atoms with van der Waals surface area (Å²) in [5.41, 5.74) is 0. The van der Waals surface area contributed by atoms with Crippen LogP contribution in [0.3, 0.4) is 0 Å². The normalized spacial score (nSPS) is 15.4. The predicted octanol–water partition coefficient (Wildman–Crippen LogP) is 5.32. The maximum Gasteiger partial charge on any atom is 0.236 e. The van der Waals surface area contributed by atoms with Crippen LogP contribution in [-0.2, 0) is 14.3 Å². The van der Waals surface area contributed by atoms with E-state index in [9.17, 15) is 9.59 Å². The van der Waals surface area contributed by atoms with Crippen molar-refractivity contribution in [2.75, 3.05) is 6.61 Å². The second kappa shape index (κ2) is 13.0. The molecule has 0 aromatic heterocycles. The molecule has 4 nitrogen and oxygen atoms in total. The second-order valence-corrected chi connectivity index (χ2v) is 6.63. The summed E-state index contributed by atoms with van der Waals surface area (Å²) in [6, 6.07) is 0. The maximum atomic E-state index is 11.9. The number of imide groups is 1. The molecule has 1 heterocycles. The third-order valence-electron chi connectivity index (χ3n) is 4.40. The third kappa shape index (κ3) is 7.98. The van der Waals surface area contributed by atoms with Crippen molar-refractivity contribution in [3.8, 4) is 0 Å². The zero-order valence-corrected chi connectivity index (χ0v) is 15.6. The quantitative estimate of drug-likeness (QED) is 0.245. The molecule has 0 unspecified atom stereocenters. The first kappa shape index (κ1) is 20.7. The van der Waals surface area contributed by atoms with Crippen LogP contribution in [0, 0.1) is 0 Å². The minimum absolute atomic E-state index is 0.126. The first-order valence-corrected chi connectivity index (χ1v) is 9.89. The molecule has 1 aliphatic heterocycles. The molecule has 0 spiro atoms. The van der Waals surface area contributed by atoms with E-state index in [1.807, 2.05) is 6.08 Å². The van der Waals surface area contributed by atoms with Crippen molar-refractivity contribution in [3.05, 3.63) is 12.0 Å². The van der Waals surface area contributed by atoms with Gasteiger partial charge in [-0.3, -0.25) is 9.59 Å². The SMILES string of the molecule is CCCCCCCCCCC=C(OCCCC)N1C(=O)CCC1=O. The van der Waals surface area contributed by atoms with Crippen molar-refractivity contribution >= 4 is 11.8 Å². The van der Waals surface area contributed by atoms with Gasteiger partial charge in [-0.1, -0.05) is 65.2 Å². The summed E-state index contributed by atoms with van der Waals surface area (Å²) in [4.78, 5) is 25.1. The minimum Gasteiger partial charge on any atom is -0.479 e. The van der Waals surface area contributed by atoms with Crippen molar-refractivity contribution in [1.82, 2.24) is 4.90 Å². The fraction of sp³-hybridized carbons (Fsp3) is 0.800. The summed E-state index contributed by atoms with van der Waals surface area (Å²) >= 11 is 0. The number of ether oxygens (including phenoxy) is 1. The topological polar surface area (TPSA) is 46.6 Å². The van der Waals surface area contributed by atoms with E-state index in [4.69, 9.17) is 4.74 Å². The Morgan fingerprint density at radius 1 is 0.875 bits per heavy atom. The first-order valence-electron chi connectivity index (χ1n) is 9.89. The molecule has 0 N–H and O–H groups in total. The van der Waals surface area contributed by atoms with Crippen LogP contribution < -0.4 is 0 Å². The molecule has 1 fully saturated rings. The fourth-order valence-electron chi connectivity index (χ4n) is 2.86. The van der Waals surface area contributed by atoms with Gasteiger partial charge in [0, 0.05) is 12.8 Å². The van der Waals surface area contributed by atoms with E-state index in [1.54, 1.807) is 0 Å². The highest BCUT2D eigenvalue weighted by atomic mass is 16.5. The maximum absolute atomic E-state index is 11.9. The Balaban J connectivity index is 2.33. The molecule has 0 aromatic rings. The van der Waals surface area contributed by atoms with E-state index in [0.717, 1.165) is 25.7 Å². The zero-order valence-electron chi connectivity index (χ0n) is 15.6. The van der Waals surface area contributed by atoms with E-state index < -0.39 is 0 Å². The van der Waals surface area contributed by atoms with Gasteiger partial charge in [0.2, 0.25) is 11.8 Å². The number of hydrogen-bond acceptors (Lipinski definition) is 3. The largest absolute Gasteiger partial charge is 0.479 e. The van der Waals surface area contributed by atoms with Crippen LogP contribution in [0.1, 0.15) is 97.3 Å². The van der Waals surface area contributed by atoms with Crippen molar-refractivity contribution in [1.29, 1.82) is 0 Å². The monoisotopic (exact) mass is 337 g/mol. The molecule has 2 amide bonds.